The van der Waals surface area contributed by atoms with Crippen LogP contribution in [0.4, 0.5) is 0 Å². The second kappa shape index (κ2) is 9.46. The summed E-state index contributed by atoms with van der Waals surface area (Å²) in [5, 5.41) is 0. The van der Waals surface area contributed by atoms with E-state index >= 15 is 0 Å². The van der Waals surface area contributed by atoms with Crippen LogP contribution in [0.25, 0.3) is 0 Å². The van der Waals surface area contributed by atoms with Gasteiger partial charge in [-0.25, -0.2) is 24.3 Å². The maximum absolute atomic E-state index is 9.33. The molecule has 0 amide bonds. The molecule has 72 valence electrons. The summed E-state index contributed by atoms with van der Waals surface area (Å²) in [5.41, 5.74) is -0.0833. The van der Waals surface area contributed by atoms with Crippen LogP contribution in [0.15, 0.2) is 41.3 Å². The van der Waals surface area contributed by atoms with Crippen molar-refractivity contribution in [3.05, 3.63) is 71.0 Å². The normalized spacial score (nSPS) is 13.6. The molecule has 0 N–H and O–H groups in total. The molecule has 1 aromatic rings. The molecular formula is C13H10OTi. The van der Waals surface area contributed by atoms with Crippen LogP contribution in [0.3, 0.4) is 0 Å². The van der Waals surface area contributed by atoms with Gasteiger partial charge in [-0.3, -0.25) is 16.9 Å². The minimum Gasteiger partial charge on any atom is -0.273 e. The van der Waals surface area contributed by atoms with E-state index in [0.717, 1.165) is 12.8 Å². The van der Waals surface area contributed by atoms with Gasteiger partial charge in [-0.05, 0) is 12.1 Å². The van der Waals surface area contributed by atoms with Crippen molar-refractivity contribution in [3.63, 3.8) is 0 Å². The molecule has 0 aliphatic heterocycles. The number of rotatable bonds is 0. The van der Waals surface area contributed by atoms with Crippen LogP contribution in [0, 0.1) is 24.3 Å². The maximum atomic E-state index is 9.33. The van der Waals surface area contributed by atoms with Crippen molar-refractivity contribution in [2.45, 2.75) is 12.8 Å². The summed E-state index contributed by atoms with van der Waals surface area (Å²) < 4.78 is 0. The molecule has 0 unspecified atom stereocenters. The Morgan fingerprint density at radius 1 is 1.00 bits per heavy atom. The van der Waals surface area contributed by atoms with E-state index < -0.39 is 0 Å². The second-order valence-electron chi connectivity index (χ2n) is 2.59. The maximum Gasteiger partial charge on any atom is 2.00 e. The van der Waals surface area contributed by atoms with Gasteiger partial charge in [0.25, 0.3) is 5.43 Å². The van der Waals surface area contributed by atoms with Gasteiger partial charge in [0.05, 0.1) is 0 Å². The largest absolute Gasteiger partial charge is 2.00 e. The summed E-state index contributed by atoms with van der Waals surface area (Å²) in [7, 11) is 0. The van der Waals surface area contributed by atoms with Gasteiger partial charge in [0.15, 0.2) is 0 Å². The fourth-order valence-corrected chi connectivity index (χ4v) is 0.706. The molecule has 0 fully saturated rings. The molecule has 0 saturated carbocycles. The Hall–Kier alpha value is -1.10. The van der Waals surface area contributed by atoms with Crippen LogP contribution in [-0.2, 0) is 21.7 Å². The molecule has 2 heteroatoms. The van der Waals surface area contributed by atoms with Crippen LogP contribution >= 0.6 is 0 Å². The van der Waals surface area contributed by atoms with Crippen LogP contribution in [-0.4, -0.2) is 0 Å². The summed E-state index contributed by atoms with van der Waals surface area (Å²) in [4.78, 5) is 9.33. The van der Waals surface area contributed by atoms with Crippen LogP contribution in [0.5, 0.6) is 0 Å². The number of hydrogen-bond donors (Lipinski definition) is 0. The Morgan fingerprint density at radius 3 is 1.47 bits per heavy atom. The van der Waals surface area contributed by atoms with Gasteiger partial charge in [-0.2, -0.15) is 12.2 Å². The SMILES string of the molecule is O=c1c#c1.[C-]1=CC=CC1.[C-]1=CC=CC1.[Ti+2]. The fraction of sp³-hybridized carbons (Fsp3) is 0.154. The van der Waals surface area contributed by atoms with Crippen LogP contribution in [0.1, 0.15) is 12.8 Å². The van der Waals surface area contributed by atoms with E-state index in [-0.39, 0.29) is 27.1 Å². The number of hydrogen-bond acceptors (Lipinski definition) is 1. The van der Waals surface area contributed by atoms with E-state index in [1.54, 1.807) is 0 Å². The molecule has 2 aliphatic rings. The van der Waals surface area contributed by atoms with Gasteiger partial charge >= 0.3 is 21.7 Å². The van der Waals surface area contributed by atoms with Crippen molar-refractivity contribution in [2.24, 2.45) is 0 Å². The van der Waals surface area contributed by atoms with Gasteiger partial charge in [0.2, 0.25) is 0 Å². The molecule has 0 spiro atoms. The summed E-state index contributed by atoms with van der Waals surface area (Å²) in [5.74, 6) is 0. The minimum atomic E-state index is -0.0833. The quantitative estimate of drug-likeness (QED) is 0.493. The zero-order valence-electron chi connectivity index (χ0n) is 8.29. The zero-order chi connectivity index (χ0) is 10.1. The van der Waals surface area contributed by atoms with E-state index in [1.165, 1.54) is 0 Å². The molecule has 0 bridgehead atoms. The van der Waals surface area contributed by atoms with Gasteiger partial charge in [-0.15, -0.1) is 12.8 Å². The molecule has 15 heavy (non-hydrogen) atoms. The molecule has 0 saturated heterocycles. The molecule has 0 aromatic heterocycles. The van der Waals surface area contributed by atoms with Crippen molar-refractivity contribution in [1.29, 1.82) is 0 Å². The van der Waals surface area contributed by atoms with Crippen molar-refractivity contribution >= 4 is 0 Å². The average molecular weight is 230 g/mol. The third-order valence-corrected chi connectivity index (χ3v) is 1.40. The topological polar surface area (TPSA) is 17.1 Å². The van der Waals surface area contributed by atoms with Gasteiger partial charge in [0.1, 0.15) is 0 Å². The monoisotopic (exact) mass is 230 g/mol. The summed E-state index contributed by atoms with van der Waals surface area (Å²) >= 11 is 0. The van der Waals surface area contributed by atoms with Crippen molar-refractivity contribution in [1.82, 2.24) is 0 Å². The van der Waals surface area contributed by atoms with E-state index in [9.17, 15) is 4.79 Å². The fourth-order valence-electron chi connectivity index (χ4n) is 0.706. The third kappa shape index (κ3) is 10.8. The van der Waals surface area contributed by atoms with Crippen LogP contribution in [0.2, 0.25) is 0 Å². The van der Waals surface area contributed by atoms with Crippen molar-refractivity contribution in [3.8, 4) is 0 Å². The Kier molecular flexibility index (Phi) is 8.77. The van der Waals surface area contributed by atoms with Crippen molar-refractivity contribution in [2.75, 3.05) is 0 Å². The first-order valence-electron chi connectivity index (χ1n) is 4.39. The molecule has 0 atom stereocenters. The standard InChI is InChI=1S/2C5H5.C3O.Ti/c2*1-2-4-5-3-1;4-3-1-2-3;/h2*1-3H,4H2;;/q2*-1;;+2. The second-order valence-corrected chi connectivity index (χ2v) is 2.59. The Labute approximate surface area is 105 Å². The molecule has 2 aliphatic carbocycles. The van der Waals surface area contributed by atoms with E-state index in [4.69, 9.17) is 0 Å². The Morgan fingerprint density at radius 2 is 1.40 bits per heavy atom. The Bertz CT molecular complexity index is 309. The van der Waals surface area contributed by atoms with E-state index in [1.807, 2.05) is 24.3 Å². The predicted octanol–water partition coefficient (Wildman–Crippen LogP) is 2.13. The van der Waals surface area contributed by atoms with E-state index in [2.05, 4.69) is 36.4 Å². The molecule has 1 aromatic carbocycles. The summed E-state index contributed by atoms with van der Waals surface area (Å²) in [6.07, 6.45) is 20.0. The van der Waals surface area contributed by atoms with Gasteiger partial charge < -0.3 is 0 Å². The van der Waals surface area contributed by atoms with Crippen LogP contribution < -0.4 is 5.43 Å². The molecule has 1 nitrogen and oxygen atoms in total. The van der Waals surface area contributed by atoms with Crippen molar-refractivity contribution < 1.29 is 21.7 Å². The predicted molar refractivity (Wildman–Crippen MR) is 55.9 cm³/mol. The number of allylic oxidation sites excluding steroid dienone is 8. The third-order valence-electron chi connectivity index (χ3n) is 1.40. The molecular weight excluding hydrogens is 220 g/mol. The average Bonchev–Trinajstić information content (AvgIpc) is 2.82. The van der Waals surface area contributed by atoms with E-state index in [0.29, 0.717) is 0 Å². The zero-order valence-corrected chi connectivity index (χ0v) is 9.85. The summed E-state index contributed by atoms with van der Waals surface area (Å²) in [6.45, 7) is 0. The molecule has 3 rings (SSSR count). The Balaban J connectivity index is 0.000000191. The molecule has 0 heterocycles. The first-order chi connectivity index (χ1) is 6.89. The smallest absolute Gasteiger partial charge is 0.273 e. The minimum absolute atomic E-state index is 0. The summed E-state index contributed by atoms with van der Waals surface area (Å²) in [6, 6.07) is 4.42. The first-order valence-corrected chi connectivity index (χ1v) is 4.39. The first kappa shape index (κ1) is 13.9. The molecule has 0 radical (unpaired) electrons. The van der Waals surface area contributed by atoms with Gasteiger partial charge in [0, 0.05) is 0 Å². The van der Waals surface area contributed by atoms with Gasteiger partial charge in [-0.1, -0.05) is 0 Å².